The number of hydrogen-bond donors (Lipinski definition) is 2. The zero-order valence-electron chi connectivity index (χ0n) is 9.01. The molecule has 0 unspecified atom stereocenters. The summed E-state index contributed by atoms with van der Waals surface area (Å²) in [5, 5.41) is 12.2. The van der Waals surface area contributed by atoms with Crippen LogP contribution < -0.4 is 5.32 Å². The van der Waals surface area contributed by atoms with Crippen LogP contribution in [0.25, 0.3) is 11.4 Å². The van der Waals surface area contributed by atoms with E-state index in [2.05, 4.69) is 15.3 Å². The summed E-state index contributed by atoms with van der Waals surface area (Å²) in [6, 6.07) is 6.84. The standard InChI is InChI=1S/C12H13N3O/c1-13-6-9-7-14-12(15-8-9)10-2-4-11(16)5-3-10/h2-5,7-8,13,16H,6H2,1H3. The highest BCUT2D eigenvalue weighted by atomic mass is 16.3. The van der Waals surface area contributed by atoms with Crippen molar-refractivity contribution in [1.82, 2.24) is 15.3 Å². The minimum atomic E-state index is 0.246. The van der Waals surface area contributed by atoms with E-state index in [-0.39, 0.29) is 5.75 Å². The molecule has 0 amide bonds. The van der Waals surface area contributed by atoms with Crippen LogP contribution in [-0.2, 0) is 6.54 Å². The van der Waals surface area contributed by atoms with Gasteiger partial charge in [-0.2, -0.15) is 0 Å². The first-order chi connectivity index (χ1) is 7.79. The lowest BCUT2D eigenvalue weighted by Gasteiger charge is -2.02. The van der Waals surface area contributed by atoms with Gasteiger partial charge in [-0.05, 0) is 31.3 Å². The van der Waals surface area contributed by atoms with Crippen molar-refractivity contribution >= 4 is 0 Å². The average molecular weight is 215 g/mol. The molecule has 0 saturated heterocycles. The van der Waals surface area contributed by atoms with Gasteiger partial charge < -0.3 is 10.4 Å². The molecular formula is C12H13N3O. The molecule has 1 aromatic carbocycles. The summed E-state index contributed by atoms with van der Waals surface area (Å²) in [5.41, 5.74) is 1.94. The second-order valence-electron chi connectivity index (χ2n) is 3.49. The number of nitrogens with zero attached hydrogens (tertiary/aromatic N) is 2. The fourth-order valence-corrected chi connectivity index (χ4v) is 1.41. The Morgan fingerprint density at radius 3 is 2.31 bits per heavy atom. The Kier molecular flexibility index (Phi) is 3.12. The van der Waals surface area contributed by atoms with Gasteiger partial charge in [0.1, 0.15) is 5.75 Å². The van der Waals surface area contributed by atoms with Crippen molar-refractivity contribution in [2.24, 2.45) is 0 Å². The molecule has 0 spiro atoms. The summed E-state index contributed by atoms with van der Waals surface area (Å²) in [7, 11) is 1.88. The van der Waals surface area contributed by atoms with Crippen molar-refractivity contribution in [3.8, 4) is 17.1 Å². The zero-order valence-corrected chi connectivity index (χ0v) is 9.01. The summed E-state index contributed by atoms with van der Waals surface area (Å²) < 4.78 is 0. The molecule has 4 nitrogen and oxygen atoms in total. The van der Waals surface area contributed by atoms with Gasteiger partial charge in [0.2, 0.25) is 0 Å². The van der Waals surface area contributed by atoms with Crippen LogP contribution in [-0.4, -0.2) is 22.1 Å². The highest BCUT2D eigenvalue weighted by Crippen LogP contribution is 2.17. The third-order valence-electron chi connectivity index (χ3n) is 2.21. The Bertz CT molecular complexity index is 451. The van der Waals surface area contributed by atoms with Gasteiger partial charge >= 0.3 is 0 Å². The normalized spacial score (nSPS) is 10.3. The number of phenolic OH excluding ortho intramolecular Hbond substituents is 1. The lowest BCUT2D eigenvalue weighted by atomic mass is 10.2. The molecule has 1 aromatic heterocycles. The first kappa shape index (κ1) is 10.6. The van der Waals surface area contributed by atoms with Crippen LogP contribution >= 0.6 is 0 Å². The van der Waals surface area contributed by atoms with Crippen LogP contribution in [0.3, 0.4) is 0 Å². The van der Waals surface area contributed by atoms with Gasteiger partial charge in [-0.15, -0.1) is 0 Å². The molecule has 4 heteroatoms. The Morgan fingerprint density at radius 2 is 1.75 bits per heavy atom. The number of aromatic hydroxyl groups is 1. The monoisotopic (exact) mass is 215 g/mol. The number of phenols is 1. The second kappa shape index (κ2) is 4.72. The van der Waals surface area contributed by atoms with E-state index in [1.165, 1.54) is 0 Å². The maximum absolute atomic E-state index is 9.17. The van der Waals surface area contributed by atoms with Crippen LogP contribution in [0.4, 0.5) is 0 Å². The van der Waals surface area contributed by atoms with Gasteiger partial charge in [-0.1, -0.05) is 0 Å². The zero-order chi connectivity index (χ0) is 11.4. The van der Waals surface area contributed by atoms with Gasteiger partial charge in [0.25, 0.3) is 0 Å². The highest BCUT2D eigenvalue weighted by Gasteiger charge is 2.00. The van der Waals surface area contributed by atoms with Gasteiger partial charge in [0.15, 0.2) is 5.82 Å². The summed E-state index contributed by atoms with van der Waals surface area (Å²) in [6.07, 6.45) is 3.59. The van der Waals surface area contributed by atoms with Crippen LogP contribution in [0.2, 0.25) is 0 Å². The third kappa shape index (κ3) is 2.35. The smallest absolute Gasteiger partial charge is 0.159 e. The molecule has 0 aliphatic carbocycles. The molecule has 0 fully saturated rings. The fraction of sp³-hybridized carbons (Fsp3) is 0.167. The van der Waals surface area contributed by atoms with E-state index in [0.29, 0.717) is 5.82 Å². The predicted molar refractivity (Wildman–Crippen MR) is 61.9 cm³/mol. The molecule has 2 rings (SSSR count). The minimum Gasteiger partial charge on any atom is -0.508 e. The van der Waals surface area contributed by atoms with Crippen LogP contribution in [0.5, 0.6) is 5.75 Å². The van der Waals surface area contributed by atoms with E-state index < -0.39 is 0 Å². The Labute approximate surface area is 94.0 Å². The van der Waals surface area contributed by atoms with Crippen LogP contribution in [0, 0.1) is 0 Å². The topological polar surface area (TPSA) is 58.0 Å². The number of benzene rings is 1. The highest BCUT2D eigenvalue weighted by molar-refractivity contribution is 5.55. The van der Waals surface area contributed by atoms with Crippen molar-refractivity contribution in [2.45, 2.75) is 6.54 Å². The Balaban J connectivity index is 2.24. The van der Waals surface area contributed by atoms with Crippen molar-refractivity contribution in [3.63, 3.8) is 0 Å². The maximum Gasteiger partial charge on any atom is 0.159 e. The number of nitrogens with one attached hydrogen (secondary N) is 1. The maximum atomic E-state index is 9.17. The number of rotatable bonds is 3. The van der Waals surface area contributed by atoms with E-state index in [1.807, 2.05) is 7.05 Å². The van der Waals surface area contributed by atoms with Gasteiger partial charge in [0, 0.05) is 30.1 Å². The van der Waals surface area contributed by atoms with E-state index in [0.717, 1.165) is 17.7 Å². The van der Waals surface area contributed by atoms with Gasteiger partial charge in [-0.3, -0.25) is 0 Å². The first-order valence-corrected chi connectivity index (χ1v) is 5.04. The molecule has 0 aliphatic heterocycles. The fourth-order valence-electron chi connectivity index (χ4n) is 1.41. The van der Waals surface area contributed by atoms with E-state index in [4.69, 9.17) is 5.11 Å². The molecule has 2 aromatic rings. The molecule has 0 radical (unpaired) electrons. The molecule has 16 heavy (non-hydrogen) atoms. The molecule has 0 bridgehead atoms. The summed E-state index contributed by atoms with van der Waals surface area (Å²) in [6.45, 7) is 0.760. The van der Waals surface area contributed by atoms with Crippen LogP contribution in [0.15, 0.2) is 36.7 Å². The molecule has 0 aliphatic rings. The lowest BCUT2D eigenvalue weighted by Crippen LogP contribution is -2.06. The third-order valence-corrected chi connectivity index (χ3v) is 2.21. The molecule has 82 valence electrons. The van der Waals surface area contributed by atoms with Crippen molar-refractivity contribution < 1.29 is 5.11 Å². The lowest BCUT2D eigenvalue weighted by molar-refractivity contribution is 0.475. The predicted octanol–water partition coefficient (Wildman–Crippen LogP) is 1.57. The second-order valence-corrected chi connectivity index (χ2v) is 3.49. The Morgan fingerprint density at radius 1 is 1.12 bits per heavy atom. The van der Waals surface area contributed by atoms with Crippen LogP contribution in [0.1, 0.15) is 5.56 Å². The molecule has 0 saturated carbocycles. The Hall–Kier alpha value is -1.94. The summed E-state index contributed by atoms with van der Waals surface area (Å²) >= 11 is 0. The molecule has 1 heterocycles. The minimum absolute atomic E-state index is 0.246. The molecule has 2 N–H and O–H groups in total. The number of hydrogen-bond acceptors (Lipinski definition) is 4. The van der Waals surface area contributed by atoms with E-state index >= 15 is 0 Å². The number of aromatic nitrogens is 2. The molecular weight excluding hydrogens is 202 g/mol. The van der Waals surface area contributed by atoms with Crippen molar-refractivity contribution in [2.75, 3.05) is 7.05 Å². The van der Waals surface area contributed by atoms with Crippen molar-refractivity contribution in [3.05, 3.63) is 42.2 Å². The van der Waals surface area contributed by atoms with Crippen molar-refractivity contribution in [1.29, 1.82) is 0 Å². The summed E-state index contributed by atoms with van der Waals surface area (Å²) in [4.78, 5) is 8.53. The summed E-state index contributed by atoms with van der Waals surface area (Å²) in [5.74, 6) is 0.912. The van der Waals surface area contributed by atoms with E-state index in [1.54, 1.807) is 36.7 Å². The quantitative estimate of drug-likeness (QED) is 0.816. The van der Waals surface area contributed by atoms with Gasteiger partial charge in [0.05, 0.1) is 0 Å². The molecule has 0 atom stereocenters. The van der Waals surface area contributed by atoms with E-state index in [9.17, 15) is 0 Å². The SMILES string of the molecule is CNCc1cnc(-c2ccc(O)cc2)nc1. The average Bonchev–Trinajstić information content (AvgIpc) is 2.32. The largest absolute Gasteiger partial charge is 0.508 e. The first-order valence-electron chi connectivity index (χ1n) is 5.04. The van der Waals surface area contributed by atoms with Gasteiger partial charge in [-0.25, -0.2) is 9.97 Å².